The molecule has 1 saturated heterocycles. The predicted molar refractivity (Wildman–Crippen MR) is 102 cm³/mol. The zero-order valence-electron chi connectivity index (χ0n) is 15.7. The van der Waals surface area contributed by atoms with Crippen molar-refractivity contribution in [1.82, 2.24) is 20.2 Å². The quantitative estimate of drug-likeness (QED) is 0.689. The maximum Gasteiger partial charge on any atom is 0.135 e. The third-order valence-electron chi connectivity index (χ3n) is 5.88. The lowest BCUT2D eigenvalue weighted by Crippen LogP contribution is -2.41. The molecule has 1 aromatic carbocycles. The fourth-order valence-corrected chi connectivity index (χ4v) is 3.95. The zero-order chi connectivity index (χ0) is 18.9. The Labute approximate surface area is 158 Å². The van der Waals surface area contributed by atoms with E-state index in [1.807, 2.05) is 36.5 Å². The number of hydrogen-bond acceptors (Lipinski definition) is 6. The highest BCUT2D eigenvalue weighted by Crippen LogP contribution is 2.40. The van der Waals surface area contributed by atoms with Crippen molar-refractivity contribution in [2.24, 2.45) is 5.41 Å². The Kier molecular flexibility index (Phi) is 4.40. The summed E-state index contributed by atoms with van der Waals surface area (Å²) in [6, 6.07) is 14.6. The van der Waals surface area contributed by atoms with Gasteiger partial charge in [0, 0.05) is 19.3 Å². The number of nitriles is 1. The molecule has 0 N–H and O–H groups in total. The van der Waals surface area contributed by atoms with Crippen molar-refractivity contribution < 1.29 is 4.63 Å². The minimum absolute atomic E-state index is 0.189. The van der Waals surface area contributed by atoms with Crippen molar-refractivity contribution in [3.8, 4) is 6.07 Å². The first kappa shape index (κ1) is 17.6. The molecule has 138 valence electrons. The highest BCUT2D eigenvalue weighted by molar-refractivity contribution is 5.73. The van der Waals surface area contributed by atoms with Crippen molar-refractivity contribution >= 4 is 11.0 Å². The molecule has 4 rings (SSSR count). The number of aryl methyl sites for hydroxylation is 1. The number of likely N-dealkylation sites (tertiary alicyclic amines) is 1. The van der Waals surface area contributed by atoms with E-state index in [9.17, 15) is 5.26 Å². The maximum absolute atomic E-state index is 9.96. The summed E-state index contributed by atoms with van der Waals surface area (Å²) in [4.78, 5) is 6.93. The SMILES string of the molecule is CC(C)(c1ccccn1)N1CC[C@](C#N)(CCc2ccc3nonc3c2)C1. The van der Waals surface area contributed by atoms with Gasteiger partial charge >= 0.3 is 0 Å². The molecule has 0 spiro atoms. The van der Waals surface area contributed by atoms with Gasteiger partial charge in [-0.15, -0.1) is 0 Å². The van der Waals surface area contributed by atoms with Crippen molar-refractivity contribution in [3.05, 3.63) is 53.9 Å². The molecule has 0 amide bonds. The number of aromatic nitrogens is 3. The molecule has 0 unspecified atom stereocenters. The van der Waals surface area contributed by atoms with Crippen molar-refractivity contribution in [2.45, 2.75) is 38.6 Å². The van der Waals surface area contributed by atoms with Gasteiger partial charge in [-0.3, -0.25) is 9.88 Å². The summed E-state index contributed by atoms with van der Waals surface area (Å²) in [6.45, 7) is 6.05. The van der Waals surface area contributed by atoms with E-state index < -0.39 is 0 Å². The lowest BCUT2D eigenvalue weighted by molar-refractivity contribution is 0.136. The Balaban J connectivity index is 1.48. The van der Waals surface area contributed by atoms with Crippen molar-refractivity contribution in [1.29, 1.82) is 5.26 Å². The van der Waals surface area contributed by atoms with E-state index in [-0.39, 0.29) is 11.0 Å². The number of hydrogen-bond donors (Lipinski definition) is 0. The standard InChI is InChI=1S/C21H23N5O/c1-20(2,19-5-3-4-11-23-19)26-12-10-21(14-22,15-26)9-8-16-6-7-17-18(13-16)25-27-24-17/h3-7,11,13H,8-10,12,15H2,1-2H3/t21-/m0/s1. The van der Waals surface area contributed by atoms with Gasteiger partial charge in [0.25, 0.3) is 0 Å². The first-order chi connectivity index (χ1) is 13.0. The largest absolute Gasteiger partial charge is 0.291 e. The average molecular weight is 361 g/mol. The Morgan fingerprint density at radius 2 is 2.07 bits per heavy atom. The van der Waals surface area contributed by atoms with Crippen LogP contribution in [0.15, 0.2) is 47.2 Å². The normalized spacial score (nSPS) is 20.8. The monoisotopic (exact) mass is 361 g/mol. The van der Waals surface area contributed by atoms with Gasteiger partial charge in [-0.25, -0.2) is 4.63 Å². The second kappa shape index (κ2) is 6.75. The lowest BCUT2D eigenvalue weighted by Gasteiger charge is -2.36. The van der Waals surface area contributed by atoms with Crippen LogP contribution in [0.25, 0.3) is 11.0 Å². The first-order valence-corrected chi connectivity index (χ1v) is 9.31. The predicted octanol–water partition coefficient (Wildman–Crippen LogP) is 3.70. The van der Waals surface area contributed by atoms with Crippen molar-refractivity contribution in [2.75, 3.05) is 13.1 Å². The van der Waals surface area contributed by atoms with Gasteiger partial charge in [0.15, 0.2) is 0 Å². The van der Waals surface area contributed by atoms with Crippen LogP contribution in [0.3, 0.4) is 0 Å². The van der Waals surface area contributed by atoms with Gasteiger partial charge in [0.2, 0.25) is 0 Å². The minimum atomic E-state index is -0.330. The van der Waals surface area contributed by atoms with Crippen LogP contribution in [-0.4, -0.2) is 33.3 Å². The summed E-state index contributed by atoms with van der Waals surface area (Å²) < 4.78 is 4.77. The summed E-state index contributed by atoms with van der Waals surface area (Å²) in [5.74, 6) is 0. The Morgan fingerprint density at radius 3 is 2.85 bits per heavy atom. The molecule has 0 bridgehead atoms. The second-order valence-corrected chi connectivity index (χ2v) is 7.92. The molecule has 1 aliphatic rings. The second-order valence-electron chi connectivity index (χ2n) is 7.92. The molecule has 6 nitrogen and oxygen atoms in total. The number of rotatable bonds is 5. The minimum Gasteiger partial charge on any atom is -0.291 e. The topological polar surface area (TPSA) is 78.8 Å². The van der Waals surface area contributed by atoms with Crippen LogP contribution < -0.4 is 0 Å². The fourth-order valence-electron chi connectivity index (χ4n) is 3.95. The third-order valence-corrected chi connectivity index (χ3v) is 5.88. The van der Waals surface area contributed by atoms with Crippen molar-refractivity contribution in [3.63, 3.8) is 0 Å². The molecule has 3 heterocycles. The Morgan fingerprint density at radius 1 is 1.22 bits per heavy atom. The van der Waals surface area contributed by atoms with Gasteiger partial charge in [-0.1, -0.05) is 12.1 Å². The summed E-state index contributed by atoms with van der Waals surface area (Å²) in [5.41, 5.74) is 3.22. The van der Waals surface area contributed by atoms with Gasteiger partial charge in [-0.05, 0) is 73.3 Å². The summed E-state index contributed by atoms with van der Waals surface area (Å²) in [6.07, 6.45) is 4.39. The molecule has 0 radical (unpaired) electrons. The van der Waals surface area contributed by atoms with E-state index >= 15 is 0 Å². The molecule has 2 aromatic heterocycles. The van der Waals surface area contributed by atoms with Crippen LogP contribution in [-0.2, 0) is 12.0 Å². The molecule has 0 aliphatic carbocycles. The van der Waals surface area contributed by atoms with Crippen LogP contribution >= 0.6 is 0 Å². The number of pyridine rings is 1. The van der Waals surface area contributed by atoms with E-state index in [1.54, 1.807) is 0 Å². The molecule has 1 aliphatic heterocycles. The van der Waals surface area contributed by atoms with Gasteiger partial charge in [0.1, 0.15) is 11.0 Å². The van der Waals surface area contributed by atoms with Crippen LogP contribution in [0.1, 0.15) is 37.9 Å². The molecular formula is C21H23N5O. The molecule has 0 saturated carbocycles. The lowest BCUT2D eigenvalue weighted by atomic mass is 9.82. The van der Waals surface area contributed by atoms with E-state index in [2.05, 4.69) is 46.2 Å². The van der Waals surface area contributed by atoms with Gasteiger partial charge in [0.05, 0.1) is 22.7 Å². The molecule has 6 heteroatoms. The van der Waals surface area contributed by atoms with E-state index in [0.29, 0.717) is 0 Å². The van der Waals surface area contributed by atoms with E-state index in [0.717, 1.165) is 54.6 Å². The van der Waals surface area contributed by atoms with Gasteiger partial charge < -0.3 is 0 Å². The number of nitrogens with zero attached hydrogens (tertiary/aromatic N) is 5. The van der Waals surface area contributed by atoms with Crippen LogP contribution in [0.2, 0.25) is 0 Å². The molecule has 1 atom stereocenters. The molecule has 27 heavy (non-hydrogen) atoms. The average Bonchev–Trinajstić information content (AvgIpc) is 3.34. The Hall–Kier alpha value is -2.78. The molecule has 3 aromatic rings. The first-order valence-electron chi connectivity index (χ1n) is 9.31. The number of fused-ring (bicyclic) bond motifs is 1. The number of benzene rings is 1. The Bertz CT molecular complexity index is 975. The smallest absolute Gasteiger partial charge is 0.135 e. The van der Waals surface area contributed by atoms with Gasteiger partial charge in [-0.2, -0.15) is 5.26 Å². The molecular weight excluding hydrogens is 338 g/mol. The fraction of sp³-hybridized carbons (Fsp3) is 0.429. The summed E-state index contributed by atoms with van der Waals surface area (Å²) in [7, 11) is 0. The van der Waals surface area contributed by atoms with Crippen LogP contribution in [0, 0.1) is 16.7 Å². The third kappa shape index (κ3) is 3.31. The highest BCUT2D eigenvalue weighted by atomic mass is 16.6. The van der Waals surface area contributed by atoms with Crippen LogP contribution in [0.5, 0.6) is 0 Å². The molecule has 1 fully saturated rings. The summed E-state index contributed by atoms with van der Waals surface area (Å²) in [5, 5.41) is 17.7. The van der Waals surface area contributed by atoms with Crippen LogP contribution in [0.4, 0.5) is 0 Å². The zero-order valence-corrected chi connectivity index (χ0v) is 15.7. The summed E-state index contributed by atoms with van der Waals surface area (Å²) >= 11 is 0. The van der Waals surface area contributed by atoms with E-state index in [4.69, 9.17) is 4.63 Å². The van der Waals surface area contributed by atoms with E-state index in [1.165, 1.54) is 0 Å². The highest BCUT2D eigenvalue weighted by Gasteiger charge is 2.44. The maximum atomic E-state index is 9.96.